The lowest BCUT2D eigenvalue weighted by Crippen LogP contribution is -2.30. The van der Waals surface area contributed by atoms with Crippen LogP contribution in [0.15, 0.2) is 41.3 Å². The first kappa shape index (κ1) is 14.5. The second-order valence-electron chi connectivity index (χ2n) is 5.04. The van der Waals surface area contributed by atoms with Crippen LogP contribution in [-0.4, -0.2) is 11.8 Å². The second kappa shape index (κ2) is 6.52. The van der Waals surface area contributed by atoms with Crippen molar-refractivity contribution in [1.29, 1.82) is 0 Å². The zero-order valence-electron chi connectivity index (χ0n) is 11.4. The van der Waals surface area contributed by atoms with Gasteiger partial charge < -0.3 is 5.32 Å². The molecule has 20 heavy (non-hydrogen) atoms. The molecule has 1 aromatic heterocycles. The van der Waals surface area contributed by atoms with Gasteiger partial charge in [0, 0.05) is 15.0 Å². The Morgan fingerprint density at radius 3 is 2.85 bits per heavy atom. The predicted octanol–water partition coefficient (Wildman–Crippen LogP) is 5.16. The summed E-state index contributed by atoms with van der Waals surface area (Å²) in [6, 6.07) is 13.3. The summed E-state index contributed by atoms with van der Waals surface area (Å²) in [5.74, 6) is 0. The fraction of sp³-hybridized carbons (Fsp3) is 0.375. The maximum absolute atomic E-state index is 6.12. The van der Waals surface area contributed by atoms with Gasteiger partial charge in [0.1, 0.15) is 0 Å². The molecule has 1 N–H and O–H groups in total. The number of thioether (sulfide) groups is 1. The fourth-order valence-corrected chi connectivity index (χ4v) is 5.32. The number of hydrogen-bond acceptors (Lipinski definition) is 3. The van der Waals surface area contributed by atoms with E-state index in [1.165, 1.54) is 15.3 Å². The summed E-state index contributed by atoms with van der Waals surface area (Å²) in [6.45, 7) is 3.26. The van der Waals surface area contributed by atoms with E-state index >= 15 is 0 Å². The Labute approximate surface area is 133 Å². The molecule has 106 valence electrons. The van der Waals surface area contributed by atoms with Crippen molar-refractivity contribution >= 4 is 34.7 Å². The number of halogens is 1. The molecule has 0 saturated heterocycles. The predicted molar refractivity (Wildman–Crippen MR) is 90.2 cm³/mol. The molecule has 1 nitrogen and oxygen atoms in total. The summed E-state index contributed by atoms with van der Waals surface area (Å²) < 4.78 is 0.879. The molecule has 0 amide bonds. The SMILES string of the molecule is CCCNC(c1ccc(Cl)s1)C1Cc2ccccc2S1. The molecule has 2 aromatic rings. The average molecular weight is 324 g/mol. The van der Waals surface area contributed by atoms with E-state index in [1.54, 1.807) is 11.3 Å². The highest BCUT2D eigenvalue weighted by molar-refractivity contribution is 8.00. The Bertz CT molecular complexity index is 556. The normalized spacial score (nSPS) is 19.0. The van der Waals surface area contributed by atoms with Gasteiger partial charge in [0.05, 0.1) is 10.4 Å². The van der Waals surface area contributed by atoms with Gasteiger partial charge in [-0.1, -0.05) is 36.7 Å². The van der Waals surface area contributed by atoms with Crippen LogP contribution < -0.4 is 5.32 Å². The van der Waals surface area contributed by atoms with Gasteiger partial charge in [-0.2, -0.15) is 0 Å². The Hall–Kier alpha value is -0.480. The third-order valence-electron chi connectivity index (χ3n) is 3.56. The van der Waals surface area contributed by atoms with E-state index in [0.717, 1.165) is 23.7 Å². The maximum atomic E-state index is 6.12. The quantitative estimate of drug-likeness (QED) is 0.815. The summed E-state index contributed by atoms with van der Waals surface area (Å²) in [6.07, 6.45) is 2.29. The average Bonchev–Trinajstić information content (AvgIpc) is 3.05. The van der Waals surface area contributed by atoms with E-state index in [-0.39, 0.29) is 0 Å². The second-order valence-corrected chi connectivity index (χ2v) is 8.07. The van der Waals surface area contributed by atoms with Gasteiger partial charge in [-0.15, -0.1) is 23.1 Å². The van der Waals surface area contributed by atoms with Crippen LogP contribution in [0.5, 0.6) is 0 Å². The Kier molecular flexibility index (Phi) is 4.72. The monoisotopic (exact) mass is 323 g/mol. The number of nitrogens with one attached hydrogen (secondary N) is 1. The number of fused-ring (bicyclic) bond motifs is 1. The van der Waals surface area contributed by atoms with Crippen LogP contribution in [-0.2, 0) is 6.42 Å². The van der Waals surface area contributed by atoms with Crippen molar-refractivity contribution in [3.05, 3.63) is 51.2 Å². The number of rotatable bonds is 5. The van der Waals surface area contributed by atoms with Crippen LogP contribution in [0, 0.1) is 0 Å². The minimum Gasteiger partial charge on any atom is -0.308 e. The number of benzene rings is 1. The molecular formula is C16H18ClNS2. The third kappa shape index (κ3) is 3.06. The lowest BCUT2D eigenvalue weighted by Gasteiger charge is -2.23. The molecule has 1 aliphatic heterocycles. The highest BCUT2D eigenvalue weighted by Gasteiger charge is 2.30. The lowest BCUT2D eigenvalue weighted by molar-refractivity contribution is 0.521. The minimum absolute atomic E-state index is 0.393. The highest BCUT2D eigenvalue weighted by Crippen LogP contribution is 2.44. The van der Waals surface area contributed by atoms with Crippen molar-refractivity contribution in [2.45, 2.75) is 36.0 Å². The first-order chi connectivity index (χ1) is 9.78. The van der Waals surface area contributed by atoms with Gasteiger partial charge in [-0.25, -0.2) is 0 Å². The van der Waals surface area contributed by atoms with E-state index < -0.39 is 0 Å². The number of hydrogen-bond donors (Lipinski definition) is 1. The third-order valence-corrected chi connectivity index (χ3v) is 6.27. The fourth-order valence-electron chi connectivity index (χ4n) is 2.61. The molecule has 0 spiro atoms. The highest BCUT2D eigenvalue weighted by atomic mass is 35.5. The lowest BCUT2D eigenvalue weighted by atomic mass is 10.0. The minimum atomic E-state index is 0.393. The summed E-state index contributed by atoms with van der Waals surface area (Å²) in [5.41, 5.74) is 1.48. The van der Waals surface area contributed by atoms with Crippen molar-refractivity contribution in [3.63, 3.8) is 0 Å². The molecule has 4 heteroatoms. The molecule has 2 heterocycles. The van der Waals surface area contributed by atoms with Crippen LogP contribution in [0.25, 0.3) is 0 Å². The van der Waals surface area contributed by atoms with E-state index in [0.29, 0.717) is 11.3 Å². The first-order valence-corrected chi connectivity index (χ1v) is 9.08. The molecule has 1 aliphatic rings. The summed E-state index contributed by atoms with van der Waals surface area (Å²) >= 11 is 9.82. The molecule has 0 radical (unpaired) electrons. The largest absolute Gasteiger partial charge is 0.308 e. The Balaban J connectivity index is 1.81. The van der Waals surface area contributed by atoms with Crippen molar-refractivity contribution < 1.29 is 0 Å². The summed E-state index contributed by atoms with van der Waals surface area (Å²) in [5, 5.41) is 4.27. The van der Waals surface area contributed by atoms with Gasteiger partial charge in [-0.05, 0) is 43.1 Å². The van der Waals surface area contributed by atoms with Gasteiger partial charge in [0.2, 0.25) is 0 Å². The summed E-state index contributed by atoms with van der Waals surface area (Å²) in [4.78, 5) is 2.79. The van der Waals surface area contributed by atoms with Crippen molar-refractivity contribution in [2.75, 3.05) is 6.54 Å². The smallest absolute Gasteiger partial charge is 0.0931 e. The van der Waals surface area contributed by atoms with E-state index in [1.807, 2.05) is 17.8 Å². The molecule has 0 bridgehead atoms. The Morgan fingerprint density at radius 2 is 2.15 bits per heavy atom. The van der Waals surface area contributed by atoms with Crippen molar-refractivity contribution in [2.24, 2.45) is 0 Å². The summed E-state index contributed by atoms with van der Waals surface area (Å²) in [7, 11) is 0. The molecule has 0 fully saturated rings. The van der Waals surface area contributed by atoms with Crippen LogP contribution in [0.2, 0.25) is 4.34 Å². The topological polar surface area (TPSA) is 12.0 Å². The molecule has 2 unspecified atom stereocenters. The molecule has 2 atom stereocenters. The molecule has 3 rings (SSSR count). The maximum Gasteiger partial charge on any atom is 0.0931 e. The van der Waals surface area contributed by atoms with Crippen LogP contribution in [0.1, 0.15) is 29.8 Å². The van der Waals surface area contributed by atoms with Gasteiger partial charge in [0.25, 0.3) is 0 Å². The van der Waals surface area contributed by atoms with E-state index in [2.05, 4.69) is 42.6 Å². The standard InChI is InChI=1S/C16H18ClNS2/c1-2-9-18-16(13-7-8-15(17)20-13)14-10-11-5-3-4-6-12(11)19-14/h3-8,14,16,18H,2,9-10H2,1H3. The zero-order chi connectivity index (χ0) is 13.9. The zero-order valence-corrected chi connectivity index (χ0v) is 13.8. The van der Waals surface area contributed by atoms with E-state index in [4.69, 9.17) is 11.6 Å². The Morgan fingerprint density at radius 1 is 1.30 bits per heavy atom. The first-order valence-electron chi connectivity index (χ1n) is 7.01. The molecular weight excluding hydrogens is 306 g/mol. The van der Waals surface area contributed by atoms with Crippen LogP contribution in [0.3, 0.4) is 0 Å². The van der Waals surface area contributed by atoms with Crippen LogP contribution in [0.4, 0.5) is 0 Å². The molecule has 0 saturated carbocycles. The van der Waals surface area contributed by atoms with Crippen molar-refractivity contribution in [3.8, 4) is 0 Å². The number of thiophene rings is 1. The molecule has 1 aromatic carbocycles. The van der Waals surface area contributed by atoms with E-state index in [9.17, 15) is 0 Å². The van der Waals surface area contributed by atoms with Gasteiger partial charge in [0.15, 0.2) is 0 Å². The van der Waals surface area contributed by atoms with Gasteiger partial charge >= 0.3 is 0 Å². The van der Waals surface area contributed by atoms with Crippen LogP contribution >= 0.6 is 34.7 Å². The van der Waals surface area contributed by atoms with Gasteiger partial charge in [-0.3, -0.25) is 0 Å². The molecule has 0 aliphatic carbocycles. The van der Waals surface area contributed by atoms with Crippen molar-refractivity contribution in [1.82, 2.24) is 5.32 Å².